The number of hydrogen-bond acceptors (Lipinski definition) is 5. The Morgan fingerprint density at radius 1 is 1.53 bits per heavy atom. The molecule has 1 heterocycles. The van der Waals surface area contributed by atoms with Crippen LogP contribution in [0, 0.1) is 0 Å². The highest BCUT2D eigenvalue weighted by Gasteiger charge is 2.35. The van der Waals surface area contributed by atoms with Gasteiger partial charge in [-0.1, -0.05) is 6.92 Å². The lowest BCUT2D eigenvalue weighted by molar-refractivity contribution is -0.131. The van der Waals surface area contributed by atoms with Crippen LogP contribution in [0.2, 0.25) is 0 Å². The number of aliphatic hydroxyl groups is 1. The predicted molar refractivity (Wildman–Crippen MR) is 68.6 cm³/mol. The molecule has 1 atom stereocenters. The monoisotopic (exact) mass is 281 g/mol. The molecule has 0 aromatic heterocycles. The third-order valence-electron chi connectivity index (χ3n) is 2.77. The average Bonchev–Trinajstić information content (AvgIpc) is 2.36. The fourth-order valence-electron chi connectivity index (χ4n) is 1.73. The van der Waals surface area contributed by atoms with Gasteiger partial charge >= 0.3 is 0 Å². The average molecular weight is 281 g/mol. The molecule has 1 rings (SSSR count). The summed E-state index contributed by atoms with van der Waals surface area (Å²) >= 11 is 1.57. The fraction of sp³-hybridized carbons (Fsp3) is 0.900. The number of hydrogen-bond donors (Lipinski definition) is 1. The van der Waals surface area contributed by atoms with Crippen molar-refractivity contribution in [2.45, 2.75) is 25.1 Å². The Kier molecular flexibility index (Phi) is 5.75. The number of carbonyl (C=O) groups is 1. The van der Waals surface area contributed by atoms with E-state index in [0.29, 0.717) is 18.7 Å². The van der Waals surface area contributed by atoms with Crippen LogP contribution in [-0.4, -0.2) is 60.1 Å². The van der Waals surface area contributed by atoms with Crippen molar-refractivity contribution in [2.24, 2.45) is 0 Å². The molecule has 1 fully saturated rings. The highest BCUT2D eigenvalue weighted by atomic mass is 32.2. The van der Waals surface area contributed by atoms with Gasteiger partial charge in [0.2, 0.25) is 5.91 Å². The van der Waals surface area contributed by atoms with E-state index in [4.69, 9.17) is 5.11 Å². The first-order valence-corrected chi connectivity index (χ1v) is 8.59. The number of aliphatic hydroxyl groups excluding tert-OH is 1. The van der Waals surface area contributed by atoms with Gasteiger partial charge in [-0.15, -0.1) is 0 Å². The van der Waals surface area contributed by atoms with E-state index >= 15 is 0 Å². The molecule has 1 N–H and O–H groups in total. The number of amides is 1. The Labute approximate surface area is 106 Å². The number of sulfone groups is 1. The lowest BCUT2D eigenvalue weighted by Crippen LogP contribution is -2.50. The fourth-order valence-corrected chi connectivity index (χ4v) is 4.72. The van der Waals surface area contributed by atoms with Gasteiger partial charge in [-0.25, -0.2) is 8.42 Å². The summed E-state index contributed by atoms with van der Waals surface area (Å²) in [7, 11) is -3.22. The predicted octanol–water partition coefficient (Wildman–Crippen LogP) is 0.0951. The summed E-state index contributed by atoms with van der Waals surface area (Å²) in [4.78, 5) is 13.3. The van der Waals surface area contributed by atoms with Gasteiger partial charge in [-0.05, 0) is 6.42 Å². The van der Waals surface area contributed by atoms with Gasteiger partial charge < -0.3 is 10.0 Å². The zero-order chi connectivity index (χ0) is 12.9. The van der Waals surface area contributed by atoms with E-state index in [9.17, 15) is 13.2 Å². The van der Waals surface area contributed by atoms with Gasteiger partial charge in [0.15, 0.2) is 9.84 Å². The lowest BCUT2D eigenvalue weighted by atomic mass is 10.3. The number of thioether (sulfide) groups is 1. The summed E-state index contributed by atoms with van der Waals surface area (Å²) in [6, 6.07) is 0. The molecular formula is C10H19NO4S2. The minimum Gasteiger partial charge on any atom is -0.396 e. The van der Waals surface area contributed by atoms with Crippen molar-refractivity contribution in [3.63, 3.8) is 0 Å². The number of nitrogens with zero attached hydrogens (tertiary/aromatic N) is 1. The largest absolute Gasteiger partial charge is 0.396 e. The third kappa shape index (κ3) is 3.86. The smallest absolute Gasteiger partial charge is 0.223 e. The summed E-state index contributed by atoms with van der Waals surface area (Å²) < 4.78 is 23.8. The van der Waals surface area contributed by atoms with Crippen LogP contribution in [0.4, 0.5) is 0 Å². The maximum Gasteiger partial charge on any atom is 0.223 e. The van der Waals surface area contributed by atoms with Crippen molar-refractivity contribution in [3.8, 4) is 0 Å². The molecule has 1 amide bonds. The Morgan fingerprint density at radius 2 is 2.24 bits per heavy atom. The molecular weight excluding hydrogens is 262 g/mol. The first-order chi connectivity index (χ1) is 8.03. The molecule has 0 radical (unpaired) electrons. The molecule has 0 saturated carbocycles. The van der Waals surface area contributed by atoms with Crippen LogP contribution in [0.15, 0.2) is 0 Å². The quantitative estimate of drug-likeness (QED) is 0.773. The summed E-state index contributed by atoms with van der Waals surface area (Å²) in [5, 5.41) is 8.01. The van der Waals surface area contributed by atoms with Gasteiger partial charge in [-0.2, -0.15) is 11.8 Å². The molecule has 0 spiro atoms. The highest BCUT2D eigenvalue weighted by Crippen LogP contribution is 2.22. The van der Waals surface area contributed by atoms with Crippen molar-refractivity contribution in [1.29, 1.82) is 0 Å². The normalized spacial score (nSPS) is 21.5. The van der Waals surface area contributed by atoms with Gasteiger partial charge in [0.25, 0.3) is 0 Å². The highest BCUT2D eigenvalue weighted by molar-refractivity contribution is 8.01. The van der Waals surface area contributed by atoms with E-state index < -0.39 is 15.2 Å². The summed E-state index contributed by atoms with van der Waals surface area (Å²) in [5.41, 5.74) is 0. The van der Waals surface area contributed by atoms with E-state index in [1.165, 1.54) is 4.90 Å². The molecule has 0 bridgehead atoms. The molecule has 100 valence electrons. The zero-order valence-electron chi connectivity index (χ0n) is 9.96. The topological polar surface area (TPSA) is 74.7 Å². The Morgan fingerprint density at radius 3 is 2.82 bits per heavy atom. The first-order valence-electron chi connectivity index (χ1n) is 5.72. The van der Waals surface area contributed by atoms with Crippen LogP contribution in [0.3, 0.4) is 0 Å². The Balaban J connectivity index is 2.76. The molecule has 0 aromatic carbocycles. The summed E-state index contributed by atoms with van der Waals surface area (Å²) in [6.07, 6.45) is 0.609. The van der Waals surface area contributed by atoms with Crippen LogP contribution in [0.5, 0.6) is 0 Å². The minimum absolute atomic E-state index is 0.0421. The van der Waals surface area contributed by atoms with E-state index in [-0.39, 0.29) is 24.7 Å². The second-order valence-corrected chi connectivity index (χ2v) is 7.49. The maximum atomic E-state index is 11.9. The molecule has 0 aliphatic carbocycles. The van der Waals surface area contributed by atoms with Crippen molar-refractivity contribution < 1.29 is 18.3 Å². The standard InChI is InChI=1S/C10H19NO4S2/c1-2-17(14,15)10-8-16-7-5-11(10)9(13)4-3-6-12/h10,12H,2-8H2,1H3. The molecule has 1 aliphatic heterocycles. The van der Waals surface area contributed by atoms with Crippen molar-refractivity contribution >= 4 is 27.5 Å². The Hall–Kier alpha value is -0.270. The number of carbonyl (C=O) groups excluding carboxylic acids is 1. The molecule has 17 heavy (non-hydrogen) atoms. The maximum absolute atomic E-state index is 11.9. The molecule has 0 aromatic rings. The van der Waals surface area contributed by atoms with Crippen molar-refractivity contribution in [1.82, 2.24) is 4.90 Å². The van der Waals surface area contributed by atoms with Crippen LogP contribution in [0.1, 0.15) is 19.8 Å². The van der Waals surface area contributed by atoms with Crippen LogP contribution in [-0.2, 0) is 14.6 Å². The van der Waals surface area contributed by atoms with Gasteiger partial charge in [0, 0.05) is 36.8 Å². The van der Waals surface area contributed by atoms with Gasteiger partial charge in [0.1, 0.15) is 5.37 Å². The first kappa shape index (κ1) is 14.8. The van der Waals surface area contributed by atoms with Crippen LogP contribution < -0.4 is 0 Å². The molecule has 1 unspecified atom stereocenters. The van der Waals surface area contributed by atoms with E-state index in [1.54, 1.807) is 18.7 Å². The van der Waals surface area contributed by atoms with Gasteiger partial charge in [0.05, 0.1) is 0 Å². The van der Waals surface area contributed by atoms with Crippen LogP contribution >= 0.6 is 11.8 Å². The number of rotatable bonds is 5. The second-order valence-electron chi connectivity index (χ2n) is 3.90. The molecule has 1 saturated heterocycles. The summed E-state index contributed by atoms with van der Waals surface area (Å²) in [5.74, 6) is 1.13. The molecule has 5 nitrogen and oxygen atoms in total. The van der Waals surface area contributed by atoms with E-state index in [1.807, 2.05) is 0 Å². The van der Waals surface area contributed by atoms with E-state index in [2.05, 4.69) is 0 Å². The Bertz CT molecular complexity index is 355. The van der Waals surface area contributed by atoms with E-state index in [0.717, 1.165) is 5.75 Å². The second kappa shape index (κ2) is 6.61. The van der Waals surface area contributed by atoms with Gasteiger partial charge in [-0.3, -0.25) is 4.79 Å². The minimum atomic E-state index is -3.22. The SMILES string of the molecule is CCS(=O)(=O)C1CSCCN1C(=O)CCCO. The van der Waals surface area contributed by atoms with Crippen molar-refractivity contribution in [3.05, 3.63) is 0 Å². The molecule has 1 aliphatic rings. The lowest BCUT2D eigenvalue weighted by Gasteiger charge is -2.34. The van der Waals surface area contributed by atoms with Crippen LogP contribution in [0.25, 0.3) is 0 Å². The summed E-state index contributed by atoms with van der Waals surface area (Å²) in [6.45, 7) is 2.04. The molecule has 7 heteroatoms. The zero-order valence-corrected chi connectivity index (χ0v) is 11.6. The third-order valence-corrected chi connectivity index (χ3v) is 6.06. The van der Waals surface area contributed by atoms with Crippen molar-refractivity contribution in [2.75, 3.05) is 30.4 Å².